The normalized spacial score (nSPS) is 13.0. The zero-order chi connectivity index (χ0) is 8.69. The summed E-state index contributed by atoms with van der Waals surface area (Å²) in [7, 11) is 0. The second kappa shape index (κ2) is 6.55. The second-order valence-electron chi connectivity index (χ2n) is 2.44. The van der Waals surface area contributed by atoms with Crippen molar-refractivity contribution in [2.75, 3.05) is 18.6 Å². The van der Waals surface area contributed by atoms with Crippen LogP contribution in [0.15, 0.2) is 11.3 Å². The fourth-order valence-electron chi connectivity index (χ4n) is 0.848. The Morgan fingerprint density at radius 3 is 2.55 bits per heavy atom. The first-order chi connectivity index (χ1) is 5.26. The number of allylic oxidation sites excluding steroid dienone is 1. The molecule has 2 nitrogen and oxygen atoms in total. The Morgan fingerprint density at radius 1 is 1.55 bits per heavy atom. The lowest BCUT2D eigenvalue weighted by molar-refractivity contribution is 0.379. The molecule has 3 N–H and O–H groups in total. The monoisotopic (exact) mass is 175 g/mol. The van der Waals surface area contributed by atoms with E-state index >= 15 is 0 Å². The summed E-state index contributed by atoms with van der Waals surface area (Å²) < 4.78 is 0. The maximum atomic E-state index is 9.43. The molecule has 0 unspecified atom stereocenters. The molecule has 0 heterocycles. The highest BCUT2D eigenvalue weighted by atomic mass is 32.2. The lowest BCUT2D eigenvalue weighted by atomic mass is 10.2. The van der Waals surface area contributed by atoms with E-state index in [-0.39, 0.29) is 0 Å². The molecule has 0 aromatic rings. The van der Waals surface area contributed by atoms with Gasteiger partial charge in [-0.3, -0.25) is 0 Å². The average molecular weight is 175 g/mol. The molecule has 0 amide bonds. The number of thioether (sulfide) groups is 1. The largest absolute Gasteiger partial charge is 0.512 e. The van der Waals surface area contributed by atoms with Crippen LogP contribution in [-0.2, 0) is 0 Å². The van der Waals surface area contributed by atoms with Gasteiger partial charge in [-0.25, -0.2) is 0 Å². The quantitative estimate of drug-likeness (QED) is 0.627. The van der Waals surface area contributed by atoms with Gasteiger partial charge in [-0.1, -0.05) is 6.92 Å². The Kier molecular flexibility index (Phi) is 6.46. The van der Waals surface area contributed by atoms with E-state index in [4.69, 9.17) is 5.73 Å². The molecular formula is C8H17NOS. The molecule has 0 saturated carbocycles. The van der Waals surface area contributed by atoms with Gasteiger partial charge < -0.3 is 10.8 Å². The summed E-state index contributed by atoms with van der Waals surface area (Å²) in [6.07, 6.45) is 3.74. The molecule has 0 bridgehead atoms. The molecule has 66 valence electrons. The van der Waals surface area contributed by atoms with Crippen LogP contribution < -0.4 is 5.73 Å². The highest BCUT2D eigenvalue weighted by Gasteiger charge is 2.01. The van der Waals surface area contributed by atoms with E-state index in [9.17, 15) is 5.11 Å². The summed E-state index contributed by atoms with van der Waals surface area (Å²) in [5.41, 5.74) is 6.44. The highest BCUT2D eigenvalue weighted by Crippen LogP contribution is 2.11. The third-order valence-corrected chi connectivity index (χ3v) is 2.10. The van der Waals surface area contributed by atoms with Crippen LogP contribution >= 0.6 is 11.8 Å². The summed E-state index contributed by atoms with van der Waals surface area (Å²) in [5.74, 6) is 1.34. The molecule has 0 spiro atoms. The van der Waals surface area contributed by atoms with Crippen LogP contribution in [0, 0.1) is 0 Å². The van der Waals surface area contributed by atoms with Crippen molar-refractivity contribution < 1.29 is 5.11 Å². The molecule has 3 heteroatoms. The minimum absolute atomic E-state index is 0.479. The average Bonchev–Trinajstić information content (AvgIpc) is 2.00. The second-order valence-corrected chi connectivity index (χ2v) is 3.30. The zero-order valence-corrected chi connectivity index (χ0v) is 8.08. The van der Waals surface area contributed by atoms with Crippen LogP contribution in [-0.4, -0.2) is 23.7 Å². The number of aliphatic hydroxyl groups is 1. The van der Waals surface area contributed by atoms with Crippen LogP contribution in [0.25, 0.3) is 0 Å². The number of aliphatic hydroxyl groups excluding tert-OH is 1. The molecule has 0 aromatic heterocycles. The summed E-state index contributed by atoms with van der Waals surface area (Å²) in [4.78, 5) is 0. The Bertz CT molecular complexity index is 134. The number of nitrogens with two attached hydrogens (primary N) is 1. The van der Waals surface area contributed by atoms with E-state index in [1.807, 2.05) is 13.2 Å². The molecule has 11 heavy (non-hydrogen) atoms. The molecule has 0 aliphatic carbocycles. The first kappa shape index (κ1) is 10.8. The van der Waals surface area contributed by atoms with Crippen molar-refractivity contribution >= 4 is 11.8 Å². The van der Waals surface area contributed by atoms with Crippen LogP contribution in [0.1, 0.15) is 19.8 Å². The number of rotatable bonds is 5. The van der Waals surface area contributed by atoms with Gasteiger partial charge in [-0.2, -0.15) is 11.8 Å². The number of hydrogen-bond donors (Lipinski definition) is 2. The van der Waals surface area contributed by atoms with E-state index in [2.05, 4.69) is 0 Å². The molecule has 0 fully saturated rings. The smallest absolute Gasteiger partial charge is 0.0935 e. The molecule has 0 rings (SSSR count). The van der Waals surface area contributed by atoms with Gasteiger partial charge in [-0.15, -0.1) is 0 Å². The Labute approximate surface area is 72.9 Å². The molecule has 0 saturated heterocycles. The molecule has 0 aliphatic rings. The van der Waals surface area contributed by atoms with E-state index in [1.54, 1.807) is 11.8 Å². The summed E-state index contributed by atoms with van der Waals surface area (Å²) >= 11 is 1.69. The van der Waals surface area contributed by atoms with E-state index in [1.165, 1.54) is 0 Å². The highest BCUT2D eigenvalue weighted by molar-refractivity contribution is 7.98. The Hall–Kier alpha value is -0.150. The first-order valence-corrected chi connectivity index (χ1v) is 5.24. The van der Waals surface area contributed by atoms with Gasteiger partial charge in [0.25, 0.3) is 0 Å². The summed E-state index contributed by atoms with van der Waals surface area (Å²) in [5, 5.41) is 9.43. The van der Waals surface area contributed by atoms with Crippen LogP contribution in [0.5, 0.6) is 0 Å². The molecule has 0 radical (unpaired) electrons. The van der Waals surface area contributed by atoms with Crippen LogP contribution in [0.3, 0.4) is 0 Å². The van der Waals surface area contributed by atoms with Crippen molar-refractivity contribution in [3.05, 3.63) is 11.3 Å². The molecular weight excluding hydrogens is 158 g/mol. The number of hydrogen-bond acceptors (Lipinski definition) is 3. The predicted octanol–water partition coefficient (Wildman–Crippen LogP) is 1.92. The third-order valence-electron chi connectivity index (χ3n) is 1.46. The summed E-state index contributed by atoms with van der Waals surface area (Å²) in [6.45, 7) is 2.52. The standard InChI is InChI=1S/C8H17NOS/c1-3-4-8(10)7(5-9)6-11-2/h10H,3-6,9H2,1-2H3. The van der Waals surface area contributed by atoms with Gasteiger partial charge in [0.1, 0.15) is 0 Å². The Morgan fingerprint density at radius 2 is 2.18 bits per heavy atom. The van der Waals surface area contributed by atoms with Gasteiger partial charge in [0, 0.05) is 18.7 Å². The van der Waals surface area contributed by atoms with Gasteiger partial charge in [0.15, 0.2) is 0 Å². The SMILES string of the molecule is CCCC(O)=C(CN)CSC. The zero-order valence-electron chi connectivity index (χ0n) is 7.26. The summed E-state index contributed by atoms with van der Waals surface area (Å²) in [6, 6.07) is 0. The van der Waals surface area contributed by atoms with Crippen LogP contribution in [0.4, 0.5) is 0 Å². The Balaban J connectivity index is 4.02. The fourth-order valence-corrected chi connectivity index (χ4v) is 1.48. The third kappa shape index (κ3) is 4.32. The first-order valence-electron chi connectivity index (χ1n) is 3.85. The van der Waals surface area contributed by atoms with E-state index in [0.29, 0.717) is 12.3 Å². The topological polar surface area (TPSA) is 46.2 Å². The predicted molar refractivity (Wildman–Crippen MR) is 52.0 cm³/mol. The van der Waals surface area contributed by atoms with Crippen molar-refractivity contribution in [1.29, 1.82) is 0 Å². The van der Waals surface area contributed by atoms with Gasteiger partial charge in [-0.05, 0) is 18.2 Å². The fraction of sp³-hybridized carbons (Fsp3) is 0.750. The maximum absolute atomic E-state index is 9.43. The van der Waals surface area contributed by atoms with Gasteiger partial charge >= 0.3 is 0 Å². The lowest BCUT2D eigenvalue weighted by Gasteiger charge is -2.05. The maximum Gasteiger partial charge on any atom is 0.0935 e. The molecule has 0 atom stereocenters. The van der Waals surface area contributed by atoms with Crippen molar-refractivity contribution in [3.63, 3.8) is 0 Å². The lowest BCUT2D eigenvalue weighted by Crippen LogP contribution is -2.08. The van der Waals surface area contributed by atoms with Crippen LogP contribution in [0.2, 0.25) is 0 Å². The molecule has 0 aliphatic heterocycles. The van der Waals surface area contributed by atoms with Crippen molar-refractivity contribution in [3.8, 4) is 0 Å². The van der Waals surface area contributed by atoms with Gasteiger partial charge in [0.05, 0.1) is 5.76 Å². The van der Waals surface area contributed by atoms with E-state index in [0.717, 1.165) is 24.2 Å². The minimum Gasteiger partial charge on any atom is -0.512 e. The van der Waals surface area contributed by atoms with E-state index < -0.39 is 0 Å². The van der Waals surface area contributed by atoms with Crippen molar-refractivity contribution in [2.45, 2.75) is 19.8 Å². The van der Waals surface area contributed by atoms with Gasteiger partial charge in [0.2, 0.25) is 0 Å². The van der Waals surface area contributed by atoms with Crippen molar-refractivity contribution in [1.82, 2.24) is 0 Å². The molecule has 0 aromatic carbocycles. The van der Waals surface area contributed by atoms with Crippen molar-refractivity contribution in [2.24, 2.45) is 5.73 Å². The minimum atomic E-state index is 0.479.